The largest absolute Gasteiger partial charge is 0.387 e. The second kappa shape index (κ2) is 4.96. The zero-order valence-corrected chi connectivity index (χ0v) is 9.96. The van der Waals surface area contributed by atoms with Crippen molar-refractivity contribution in [2.75, 3.05) is 13.1 Å². The van der Waals surface area contributed by atoms with Gasteiger partial charge in [0.05, 0.1) is 12.2 Å². The highest BCUT2D eigenvalue weighted by molar-refractivity contribution is 7.07. The molecule has 1 fully saturated rings. The molecule has 2 N–H and O–H groups in total. The summed E-state index contributed by atoms with van der Waals surface area (Å²) in [4.78, 5) is 0. The minimum absolute atomic E-state index is 0.211. The molecule has 16 heavy (non-hydrogen) atoms. The van der Waals surface area contributed by atoms with Gasteiger partial charge < -0.3 is 10.4 Å². The maximum atomic E-state index is 9.84. The van der Waals surface area contributed by atoms with E-state index < -0.39 is 6.10 Å². The molecule has 0 saturated heterocycles. The normalized spacial score (nSPS) is 19.0. The van der Waals surface area contributed by atoms with E-state index in [2.05, 4.69) is 11.4 Å². The van der Waals surface area contributed by atoms with Gasteiger partial charge in [-0.25, -0.2) is 0 Å². The van der Waals surface area contributed by atoms with E-state index in [1.807, 2.05) is 16.8 Å². The van der Waals surface area contributed by atoms with E-state index >= 15 is 0 Å². The second-order valence-electron chi connectivity index (χ2n) is 4.54. The lowest BCUT2D eigenvalue weighted by Gasteiger charge is -2.14. The molecule has 2 rings (SSSR count). The molecule has 86 valence electrons. The fourth-order valence-electron chi connectivity index (χ4n) is 1.82. The third kappa shape index (κ3) is 2.82. The summed E-state index contributed by atoms with van der Waals surface area (Å²) in [5, 5.41) is 25.7. The number of hydrogen-bond donors (Lipinski definition) is 2. The molecule has 1 saturated carbocycles. The van der Waals surface area contributed by atoms with Crippen LogP contribution in [0.2, 0.25) is 0 Å². The van der Waals surface area contributed by atoms with Crippen LogP contribution in [0.4, 0.5) is 0 Å². The van der Waals surface area contributed by atoms with Crippen LogP contribution in [0.5, 0.6) is 0 Å². The van der Waals surface area contributed by atoms with E-state index in [-0.39, 0.29) is 5.41 Å². The number of aliphatic hydroxyl groups is 1. The number of nitriles is 1. The van der Waals surface area contributed by atoms with Gasteiger partial charge in [0.15, 0.2) is 0 Å². The summed E-state index contributed by atoms with van der Waals surface area (Å²) < 4.78 is 0. The van der Waals surface area contributed by atoms with Crippen LogP contribution in [0.25, 0.3) is 0 Å². The first kappa shape index (κ1) is 11.6. The lowest BCUT2D eigenvalue weighted by molar-refractivity contribution is 0.172. The van der Waals surface area contributed by atoms with Crippen LogP contribution in [0.1, 0.15) is 30.9 Å². The lowest BCUT2D eigenvalue weighted by Crippen LogP contribution is -2.28. The first-order chi connectivity index (χ1) is 7.76. The lowest BCUT2D eigenvalue weighted by atomic mass is 10.0. The quantitative estimate of drug-likeness (QED) is 0.795. The van der Waals surface area contributed by atoms with E-state index in [0.717, 1.165) is 24.9 Å². The monoisotopic (exact) mass is 236 g/mol. The van der Waals surface area contributed by atoms with Gasteiger partial charge in [-0.15, -0.1) is 0 Å². The molecule has 0 aromatic carbocycles. The molecule has 1 aromatic rings. The minimum Gasteiger partial charge on any atom is -0.387 e. The Morgan fingerprint density at radius 2 is 2.44 bits per heavy atom. The number of nitrogens with zero attached hydrogens (tertiary/aromatic N) is 1. The van der Waals surface area contributed by atoms with Gasteiger partial charge in [0, 0.05) is 19.5 Å². The maximum Gasteiger partial charge on any atom is 0.0922 e. The van der Waals surface area contributed by atoms with Crippen molar-refractivity contribution < 1.29 is 5.11 Å². The molecule has 3 nitrogen and oxygen atoms in total. The van der Waals surface area contributed by atoms with Crippen LogP contribution in [0.15, 0.2) is 16.8 Å². The summed E-state index contributed by atoms with van der Waals surface area (Å²) in [5.41, 5.74) is 1.19. The summed E-state index contributed by atoms with van der Waals surface area (Å²) in [6, 6.07) is 4.18. The van der Waals surface area contributed by atoms with Crippen molar-refractivity contribution in [3.05, 3.63) is 22.4 Å². The van der Waals surface area contributed by atoms with Gasteiger partial charge in [0.2, 0.25) is 0 Å². The smallest absolute Gasteiger partial charge is 0.0922 e. The maximum absolute atomic E-state index is 9.84. The molecule has 1 unspecified atom stereocenters. The predicted octanol–water partition coefficient (Wildman–Crippen LogP) is 2.06. The van der Waals surface area contributed by atoms with E-state index in [4.69, 9.17) is 5.26 Å². The Morgan fingerprint density at radius 3 is 3.00 bits per heavy atom. The van der Waals surface area contributed by atoms with Crippen molar-refractivity contribution in [3.63, 3.8) is 0 Å². The first-order valence-electron chi connectivity index (χ1n) is 5.54. The molecule has 0 radical (unpaired) electrons. The summed E-state index contributed by atoms with van der Waals surface area (Å²) in [6.07, 6.45) is 2.49. The minimum atomic E-state index is -0.427. The third-order valence-electron chi connectivity index (χ3n) is 3.18. The Labute approximate surface area is 99.7 Å². The van der Waals surface area contributed by atoms with Crippen LogP contribution in [0.3, 0.4) is 0 Å². The summed E-state index contributed by atoms with van der Waals surface area (Å²) in [7, 11) is 0. The SMILES string of the molecule is N#CCC1(CNCC(O)c2ccsc2)CC1. The molecule has 4 heteroatoms. The van der Waals surface area contributed by atoms with Crippen molar-refractivity contribution in [2.24, 2.45) is 5.41 Å². The fourth-order valence-corrected chi connectivity index (χ4v) is 2.52. The van der Waals surface area contributed by atoms with Crippen molar-refractivity contribution in [1.29, 1.82) is 5.26 Å². The zero-order valence-electron chi connectivity index (χ0n) is 9.15. The van der Waals surface area contributed by atoms with Crippen LogP contribution in [-0.2, 0) is 0 Å². The van der Waals surface area contributed by atoms with Crippen LogP contribution < -0.4 is 5.32 Å². The Bertz CT molecular complexity index is 365. The standard InChI is InChI=1S/C12H16N2OS/c13-5-4-12(2-3-12)9-14-7-11(15)10-1-6-16-8-10/h1,6,8,11,14-15H,2-4,7,9H2. The van der Waals surface area contributed by atoms with Crippen LogP contribution in [-0.4, -0.2) is 18.2 Å². The Morgan fingerprint density at radius 1 is 1.62 bits per heavy atom. The van der Waals surface area contributed by atoms with Crippen LogP contribution >= 0.6 is 11.3 Å². The Kier molecular flexibility index (Phi) is 3.59. The highest BCUT2D eigenvalue weighted by Gasteiger charge is 2.41. The first-order valence-corrected chi connectivity index (χ1v) is 6.48. The van der Waals surface area contributed by atoms with Gasteiger partial charge in [-0.1, -0.05) is 0 Å². The molecule has 1 atom stereocenters. The molecule has 1 aliphatic carbocycles. The number of aliphatic hydroxyl groups excluding tert-OH is 1. The van der Waals surface area contributed by atoms with Crippen molar-refractivity contribution in [2.45, 2.75) is 25.4 Å². The highest BCUT2D eigenvalue weighted by atomic mass is 32.1. The van der Waals surface area contributed by atoms with Gasteiger partial charge >= 0.3 is 0 Å². The molecule has 0 aliphatic heterocycles. The summed E-state index contributed by atoms with van der Waals surface area (Å²) >= 11 is 1.60. The average molecular weight is 236 g/mol. The molecule has 1 heterocycles. The fraction of sp³-hybridized carbons (Fsp3) is 0.583. The number of hydrogen-bond acceptors (Lipinski definition) is 4. The molecule has 1 aliphatic rings. The summed E-state index contributed by atoms with van der Waals surface area (Å²) in [5.74, 6) is 0. The van der Waals surface area contributed by atoms with E-state index in [0.29, 0.717) is 13.0 Å². The van der Waals surface area contributed by atoms with Crippen molar-refractivity contribution in [3.8, 4) is 6.07 Å². The second-order valence-corrected chi connectivity index (χ2v) is 5.32. The van der Waals surface area contributed by atoms with Crippen LogP contribution in [0, 0.1) is 16.7 Å². The molecule has 0 amide bonds. The molecule has 0 spiro atoms. The molecular formula is C12H16N2OS. The molecule has 0 bridgehead atoms. The van der Waals surface area contributed by atoms with E-state index in [1.54, 1.807) is 11.3 Å². The van der Waals surface area contributed by atoms with E-state index in [1.165, 1.54) is 0 Å². The van der Waals surface area contributed by atoms with Crippen molar-refractivity contribution >= 4 is 11.3 Å². The van der Waals surface area contributed by atoms with Gasteiger partial charge in [-0.3, -0.25) is 0 Å². The molecule has 1 aromatic heterocycles. The van der Waals surface area contributed by atoms with Gasteiger partial charge in [0.1, 0.15) is 0 Å². The number of thiophene rings is 1. The topological polar surface area (TPSA) is 56.0 Å². The third-order valence-corrected chi connectivity index (χ3v) is 3.88. The van der Waals surface area contributed by atoms with Crippen molar-refractivity contribution in [1.82, 2.24) is 5.32 Å². The Hall–Kier alpha value is -0.890. The Balaban J connectivity index is 1.71. The van der Waals surface area contributed by atoms with Gasteiger partial charge in [-0.05, 0) is 40.6 Å². The predicted molar refractivity (Wildman–Crippen MR) is 64.0 cm³/mol. The summed E-state index contributed by atoms with van der Waals surface area (Å²) in [6.45, 7) is 1.42. The van der Waals surface area contributed by atoms with Gasteiger partial charge in [-0.2, -0.15) is 16.6 Å². The number of rotatable bonds is 6. The van der Waals surface area contributed by atoms with E-state index in [9.17, 15) is 5.11 Å². The highest BCUT2D eigenvalue weighted by Crippen LogP contribution is 2.47. The molecular weight excluding hydrogens is 220 g/mol. The zero-order chi connectivity index (χ0) is 11.4. The van der Waals surface area contributed by atoms with Gasteiger partial charge in [0.25, 0.3) is 0 Å². The number of nitrogens with one attached hydrogen (secondary N) is 1. The average Bonchev–Trinajstić information content (AvgIpc) is 2.83.